The van der Waals surface area contributed by atoms with E-state index in [4.69, 9.17) is 10.1 Å². The van der Waals surface area contributed by atoms with Crippen molar-refractivity contribution >= 4 is 59.1 Å². The number of carbonyl (C=O) groups is 6. The summed E-state index contributed by atoms with van der Waals surface area (Å²) in [5.41, 5.74) is 8.24. The zero-order valence-corrected chi connectivity index (χ0v) is 50.8. The second-order valence-electron chi connectivity index (χ2n) is 24.8. The van der Waals surface area contributed by atoms with E-state index < -0.39 is 17.4 Å². The van der Waals surface area contributed by atoms with Crippen LogP contribution in [0.1, 0.15) is 169 Å². The Balaban J connectivity index is 0.845. The lowest BCUT2D eigenvalue weighted by Gasteiger charge is -2.48. The van der Waals surface area contributed by atoms with Crippen molar-refractivity contribution < 1.29 is 33.2 Å². The number of hydrogen-bond acceptors (Lipinski definition) is 12. The average molecular weight is 1160 g/mol. The molecule has 5 aromatic rings. The van der Waals surface area contributed by atoms with E-state index in [1.165, 1.54) is 38.3 Å². The summed E-state index contributed by atoms with van der Waals surface area (Å²) in [6.07, 6.45) is 13.2. The van der Waals surface area contributed by atoms with Crippen LogP contribution in [0.3, 0.4) is 0 Å². The van der Waals surface area contributed by atoms with Gasteiger partial charge in [0.05, 0.1) is 40.1 Å². The van der Waals surface area contributed by atoms with Gasteiger partial charge in [0.15, 0.2) is 12.1 Å². The summed E-state index contributed by atoms with van der Waals surface area (Å²) >= 11 is 0. The fourth-order valence-electron chi connectivity index (χ4n) is 13.9. The molecule has 18 heteroatoms. The van der Waals surface area contributed by atoms with E-state index in [9.17, 15) is 24.0 Å². The van der Waals surface area contributed by atoms with Gasteiger partial charge in [0.1, 0.15) is 17.8 Å². The molecule has 1 saturated carbocycles. The maximum absolute atomic E-state index is 15.9. The predicted octanol–water partition coefficient (Wildman–Crippen LogP) is 10.3. The Kier molecular flexibility index (Phi) is 18.2. The van der Waals surface area contributed by atoms with Crippen LogP contribution in [0.25, 0.3) is 11.3 Å². The van der Waals surface area contributed by atoms with E-state index in [1.807, 2.05) is 41.8 Å². The van der Waals surface area contributed by atoms with Gasteiger partial charge in [-0.1, -0.05) is 51.1 Å². The van der Waals surface area contributed by atoms with Crippen molar-refractivity contribution in [1.29, 1.82) is 0 Å². The van der Waals surface area contributed by atoms with E-state index in [2.05, 4.69) is 88.8 Å². The second kappa shape index (κ2) is 25.6. The van der Waals surface area contributed by atoms with Crippen LogP contribution < -0.4 is 20.4 Å². The first-order valence-corrected chi connectivity index (χ1v) is 30.7. The lowest BCUT2D eigenvalue weighted by atomic mass is 9.73. The topological polar surface area (TPSA) is 177 Å². The standard InChI is InChI=1S/C67H84FN11O6/c1-10-77(43(4)5)62-45(7)34-58(70-63(62)71-59-38-53(42(2)3)44(6)33-56(59)68)46-17-19-55-60(35-46)79(51-36-50(37-51)75-26-12-11-13-27-75)66(85)67(55)24-31-76(32-25-67)65(84)57-23-30-78(72-57)48-21-28-74(29-22-48)39-47-15-14-16-52(54(47)41-81)64(83)73(9)49(40-80)18-20-61(82)69-8/h10,14-17,19,23,30,33-35,38,40-43,48-51H,1,11-13,18,20-22,24-29,31-32,36-37,39H2,2-9H3,(H,69,82)(H,70,71). The molecule has 2 N–H and O–H groups in total. The van der Waals surface area contributed by atoms with Gasteiger partial charge in [-0.3, -0.25) is 33.6 Å². The van der Waals surface area contributed by atoms with Crippen LogP contribution in [0, 0.1) is 19.7 Å². The van der Waals surface area contributed by atoms with E-state index >= 15 is 9.18 Å². The fraction of sp³-hybridized carbons (Fsp3) is 0.493. The molecule has 4 fully saturated rings. The number of benzene rings is 3. The van der Waals surface area contributed by atoms with Gasteiger partial charge in [-0.2, -0.15) is 5.10 Å². The molecular formula is C67H84FN11O6. The molecule has 5 aliphatic rings. The minimum atomic E-state index is -0.827. The van der Waals surface area contributed by atoms with Gasteiger partial charge in [-0.05, 0) is 175 Å². The van der Waals surface area contributed by atoms with Gasteiger partial charge in [0.2, 0.25) is 11.8 Å². The van der Waals surface area contributed by atoms with Crippen molar-refractivity contribution in [2.45, 2.75) is 160 Å². The van der Waals surface area contributed by atoms with Crippen LogP contribution in [0.4, 0.5) is 27.3 Å². The Morgan fingerprint density at radius 1 is 0.882 bits per heavy atom. The van der Waals surface area contributed by atoms with Crippen LogP contribution in [-0.4, -0.2) is 148 Å². The maximum atomic E-state index is 15.9. The number of carbonyl (C=O) groups excluding carboxylic acids is 6. The van der Waals surface area contributed by atoms with Crippen molar-refractivity contribution in [3.63, 3.8) is 0 Å². The molecule has 3 saturated heterocycles. The van der Waals surface area contributed by atoms with Crippen LogP contribution in [0.5, 0.6) is 0 Å². The van der Waals surface area contributed by atoms with Gasteiger partial charge >= 0.3 is 0 Å². The molecule has 2 aromatic heterocycles. The number of piperidine rings is 3. The Hall–Kier alpha value is -7.57. The highest BCUT2D eigenvalue weighted by Crippen LogP contribution is 2.52. The lowest BCUT2D eigenvalue weighted by molar-refractivity contribution is -0.126. The first-order chi connectivity index (χ1) is 40.9. The molecule has 450 valence electrons. The second-order valence-corrected chi connectivity index (χ2v) is 24.8. The highest BCUT2D eigenvalue weighted by Gasteiger charge is 2.56. The minimum absolute atomic E-state index is 0.0415. The summed E-state index contributed by atoms with van der Waals surface area (Å²) in [5.74, 6) is -0.411. The molecule has 4 aliphatic heterocycles. The summed E-state index contributed by atoms with van der Waals surface area (Å²) in [7, 11) is 3.02. The quantitative estimate of drug-likeness (QED) is 0.0707. The Labute approximate surface area is 500 Å². The normalized spacial score (nSPS) is 19.4. The number of nitrogens with zero attached hydrogens (tertiary/aromatic N) is 9. The summed E-state index contributed by atoms with van der Waals surface area (Å²) in [6, 6.07) is 18.6. The Bertz CT molecular complexity index is 3350. The van der Waals surface area contributed by atoms with Gasteiger partial charge in [-0.15, -0.1) is 0 Å². The number of anilines is 4. The van der Waals surface area contributed by atoms with Gasteiger partial charge in [-0.25, -0.2) is 9.37 Å². The van der Waals surface area contributed by atoms with Crippen molar-refractivity contribution in [3.05, 3.63) is 130 Å². The van der Waals surface area contributed by atoms with Crippen LogP contribution in [0.2, 0.25) is 0 Å². The maximum Gasteiger partial charge on any atom is 0.274 e. The first-order valence-electron chi connectivity index (χ1n) is 30.7. The van der Waals surface area contributed by atoms with E-state index in [0.29, 0.717) is 92.6 Å². The molecule has 0 radical (unpaired) electrons. The zero-order chi connectivity index (χ0) is 60.4. The molecule has 0 bridgehead atoms. The smallest absolute Gasteiger partial charge is 0.274 e. The number of aryl methyl sites for hydroxylation is 2. The zero-order valence-electron chi connectivity index (χ0n) is 50.8. The summed E-state index contributed by atoms with van der Waals surface area (Å²) < 4.78 is 17.8. The van der Waals surface area contributed by atoms with Gasteiger partial charge in [0.25, 0.3) is 11.8 Å². The number of fused-ring (bicyclic) bond motifs is 2. The SMILES string of the molecule is C=CN(c1c(C)cc(-c2ccc3c(c2)N(C2CC(N4CCCCC4)C2)C(=O)C32CCN(C(=O)c3ccn(C4CCN(Cc5cccc(C(=O)N(C)C(C=O)CCC(=O)NC)c5C=O)CC4)n3)CC2)nc1Nc1cc(C(C)C)c(C)cc1F)C(C)C. The van der Waals surface area contributed by atoms with E-state index in [-0.39, 0.29) is 71.6 Å². The number of rotatable bonds is 20. The highest BCUT2D eigenvalue weighted by atomic mass is 19.1. The monoisotopic (exact) mass is 1160 g/mol. The third kappa shape index (κ3) is 12.1. The van der Waals surface area contributed by atoms with E-state index in [1.54, 1.807) is 30.5 Å². The summed E-state index contributed by atoms with van der Waals surface area (Å²) in [5, 5.41) is 10.8. The highest BCUT2D eigenvalue weighted by molar-refractivity contribution is 6.10. The number of amides is 4. The molecule has 10 rings (SSSR count). The third-order valence-corrected chi connectivity index (χ3v) is 19.0. The van der Waals surface area contributed by atoms with Crippen molar-refractivity contribution in [2.24, 2.45) is 0 Å². The molecule has 17 nitrogen and oxygen atoms in total. The van der Waals surface area contributed by atoms with E-state index in [0.717, 1.165) is 78.0 Å². The third-order valence-electron chi connectivity index (χ3n) is 19.0. The Morgan fingerprint density at radius 3 is 2.27 bits per heavy atom. The molecule has 1 unspecified atom stereocenters. The molecule has 1 atom stereocenters. The van der Waals surface area contributed by atoms with Gasteiger partial charge in [0, 0.05) is 94.4 Å². The predicted molar refractivity (Wildman–Crippen MR) is 330 cm³/mol. The van der Waals surface area contributed by atoms with Crippen molar-refractivity contribution in [1.82, 2.24) is 39.7 Å². The largest absolute Gasteiger partial charge is 0.359 e. The van der Waals surface area contributed by atoms with Crippen LogP contribution >= 0.6 is 0 Å². The van der Waals surface area contributed by atoms with Crippen molar-refractivity contribution in [3.8, 4) is 11.3 Å². The number of nitrogens with one attached hydrogen (secondary N) is 2. The molecular weight excluding hydrogens is 1070 g/mol. The van der Waals surface area contributed by atoms with Gasteiger partial charge < -0.3 is 39.9 Å². The van der Waals surface area contributed by atoms with Crippen LogP contribution in [-0.2, 0) is 26.3 Å². The summed E-state index contributed by atoms with van der Waals surface area (Å²) in [6.45, 7) is 21.3. The fourth-order valence-corrected chi connectivity index (χ4v) is 13.9. The molecule has 6 heterocycles. The number of likely N-dealkylation sites (tertiary alicyclic amines) is 3. The van der Waals surface area contributed by atoms with Crippen molar-refractivity contribution in [2.75, 3.05) is 68.5 Å². The number of pyridine rings is 1. The number of hydrogen-bond donors (Lipinski definition) is 2. The number of likely N-dealkylation sites (N-methyl/N-ethyl adjacent to an activating group) is 1. The molecule has 85 heavy (non-hydrogen) atoms. The minimum Gasteiger partial charge on any atom is -0.359 e. The molecule has 1 spiro atoms. The molecule has 1 aliphatic carbocycles. The number of aldehydes is 2. The van der Waals surface area contributed by atoms with Crippen LogP contribution in [0.15, 0.2) is 79.6 Å². The number of halogens is 1. The number of aromatic nitrogens is 3. The Morgan fingerprint density at radius 2 is 1.61 bits per heavy atom. The molecule has 3 aromatic carbocycles. The first kappa shape index (κ1) is 60.5. The average Bonchev–Trinajstić information content (AvgIpc) is 1.72. The lowest BCUT2D eigenvalue weighted by Crippen LogP contribution is -2.58. The summed E-state index contributed by atoms with van der Waals surface area (Å²) in [4.78, 5) is 97.3. The molecule has 4 amide bonds.